The molecule has 1 aromatic carbocycles. The molecule has 1 rings (SSSR count). The molecule has 4 heteroatoms. The van der Waals surface area contributed by atoms with E-state index in [-0.39, 0.29) is 0 Å². The molecule has 0 heterocycles. The van der Waals surface area contributed by atoms with Crippen molar-refractivity contribution in [3.8, 4) is 6.07 Å². The lowest BCUT2D eigenvalue weighted by atomic mass is 10.1. The van der Waals surface area contributed by atoms with Crippen molar-refractivity contribution < 1.29 is 0 Å². The van der Waals surface area contributed by atoms with Gasteiger partial charge in [-0.2, -0.15) is 5.26 Å². The van der Waals surface area contributed by atoms with Crippen molar-refractivity contribution in [1.82, 2.24) is 4.90 Å². The minimum Gasteiger partial charge on any atom is -0.371 e. The Balaban J connectivity index is 2.83. The van der Waals surface area contributed by atoms with Crippen LogP contribution < -0.4 is 4.90 Å². The fourth-order valence-electron chi connectivity index (χ4n) is 2.06. The fourth-order valence-corrected chi connectivity index (χ4v) is 2.22. The van der Waals surface area contributed by atoms with Crippen molar-refractivity contribution in [3.63, 3.8) is 0 Å². The Morgan fingerprint density at radius 2 is 2.00 bits per heavy atom. The first-order chi connectivity index (χ1) is 9.12. The van der Waals surface area contributed by atoms with Gasteiger partial charge in [0, 0.05) is 19.0 Å². The van der Waals surface area contributed by atoms with Gasteiger partial charge in [0.15, 0.2) is 0 Å². The summed E-state index contributed by atoms with van der Waals surface area (Å²) in [6.07, 6.45) is 1.09. The van der Waals surface area contributed by atoms with Gasteiger partial charge in [0.05, 0.1) is 11.3 Å². The monoisotopic (exact) mass is 279 g/mol. The normalized spacial score (nSPS) is 10.5. The molecule has 0 spiro atoms. The number of benzene rings is 1. The largest absolute Gasteiger partial charge is 0.371 e. The van der Waals surface area contributed by atoms with Gasteiger partial charge in [-0.25, -0.2) is 0 Å². The van der Waals surface area contributed by atoms with E-state index in [0.29, 0.717) is 11.4 Å². The maximum atomic E-state index is 9.27. The molecule has 0 radical (unpaired) electrons. The first kappa shape index (κ1) is 15.8. The molecule has 0 atom stereocenters. The highest BCUT2D eigenvalue weighted by molar-refractivity contribution is 6.17. The molecular formula is C15H22ClN3. The lowest BCUT2D eigenvalue weighted by Gasteiger charge is -2.25. The molecule has 1 aromatic rings. The van der Waals surface area contributed by atoms with E-state index >= 15 is 0 Å². The summed E-state index contributed by atoms with van der Waals surface area (Å²) < 4.78 is 0. The van der Waals surface area contributed by atoms with E-state index in [2.05, 4.69) is 36.9 Å². The van der Waals surface area contributed by atoms with Crippen LogP contribution in [0.3, 0.4) is 0 Å². The molecule has 0 saturated carbocycles. The summed E-state index contributed by atoms with van der Waals surface area (Å²) in [7, 11) is 4.15. The van der Waals surface area contributed by atoms with Crippen molar-refractivity contribution in [1.29, 1.82) is 5.26 Å². The van der Waals surface area contributed by atoms with Gasteiger partial charge in [0.25, 0.3) is 0 Å². The van der Waals surface area contributed by atoms with Crippen LogP contribution in [0.5, 0.6) is 0 Å². The van der Waals surface area contributed by atoms with Gasteiger partial charge in [0.1, 0.15) is 6.07 Å². The van der Waals surface area contributed by atoms with Crippen molar-refractivity contribution >= 4 is 17.3 Å². The summed E-state index contributed by atoms with van der Waals surface area (Å²) >= 11 is 5.81. The number of alkyl halides is 1. The topological polar surface area (TPSA) is 30.3 Å². The van der Waals surface area contributed by atoms with Gasteiger partial charge in [-0.3, -0.25) is 0 Å². The third-order valence-corrected chi connectivity index (χ3v) is 3.40. The summed E-state index contributed by atoms with van der Waals surface area (Å²) in [6.45, 7) is 5.04. The highest BCUT2D eigenvalue weighted by Crippen LogP contribution is 2.22. The van der Waals surface area contributed by atoms with Crippen LogP contribution >= 0.6 is 11.6 Å². The Morgan fingerprint density at radius 3 is 2.53 bits per heavy atom. The Hall–Kier alpha value is -1.24. The maximum absolute atomic E-state index is 9.27. The molecule has 0 saturated heterocycles. The van der Waals surface area contributed by atoms with Gasteiger partial charge >= 0.3 is 0 Å². The molecule has 0 amide bonds. The van der Waals surface area contributed by atoms with Crippen LogP contribution in [0.2, 0.25) is 0 Å². The predicted octanol–water partition coefficient (Wildman–Crippen LogP) is 3.08. The molecule has 0 aromatic heterocycles. The first-order valence-corrected chi connectivity index (χ1v) is 7.14. The van der Waals surface area contributed by atoms with Gasteiger partial charge < -0.3 is 9.80 Å². The molecule has 0 fully saturated rings. The highest BCUT2D eigenvalue weighted by Gasteiger charge is 2.10. The zero-order valence-corrected chi connectivity index (χ0v) is 12.7. The molecule has 0 aliphatic carbocycles. The van der Waals surface area contributed by atoms with Gasteiger partial charge in [-0.1, -0.05) is 6.07 Å². The fraction of sp³-hybridized carbons (Fsp3) is 0.533. The number of rotatable bonds is 7. The summed E-state index contributed by atoms with van der Waals surface area (Å²) in [5.41, 5.74) is 2.72. The summed E-state index contributed by atoms with van der Waals surface area (Å²) in [6, 6.07) is 8.17. The van der Waals surface area contributed by atoms with Gasteiger partial charge in [-0.15, -0.1) is 11.6 Å². The predicted molar refractivity (Wildman–Crippen MR) is 81.8 cm³/mol. The lowest BCUT2D eigenvalue weighted by Crippen LogP contribution is -2.27. The van der Waals surface area contributed by atoms with Crippen LogP contribution in [0.1, 0.15) is 24.5 Å². The molecular weight excluding hydrogens is 258 g/mol. The second-order valence-electron chi connectivity index (χ2n) is 4.83. The van der Waals surface area contributed by atoms with Crippen molar-refractivity contribution in [2.75, 3.05) is 38.6 Å². The van der Waals surface area contributed by atoms with Crippen LogP contribution in [0.25, 0.3) is 0 Å². The maximum Gasteiger partial charge on any atom is 0.101 e. The molecule has 0 aliphatic heterocycles. The second kappa shape index (κ2) is 8.04. The van der Waals surface area contributed by atoms with Crippen molar-refractivity contribution in [3.05, 3.63) is 29.3 Å². The van der Waals surface area contributed by atoms with E-state index in [1.165, 1.54) is 0 Å². The lowest BCUT2D eigenvalue weighted by molar-refractivity contribution is 0.400. The number of nitriles is 1. The SMILES string of the molecule is CCN(CCCN(C)C)c1ccc(CCl)cc1C#N. The number of nitrogens with zero attached hydrogens (tertiary/aromatic N) is 3. The summed E-state index contributed by atoms with van der Waals surface area (Å²) in [4.78, 5) is 4.43. The standard InChI is InChI=1S/C15H22ClN3/c1-4-19(9-5-8-18(2)3)15-7-6-13(11-16)10-14(15)12-17/h6-7,10H,4-5,8-9,11H2,1-3H3. The zero-order chi connectivity index (χ0) is 14.3. The smallest absolute Gasteiger partial charge is 0.101 e. The Morgan fingerprint density at radius 1 is 1.26 bits per heavy atom. The Bertz CT molecular complexity index is 438. The molecule has 19 heavy (non-hydrogen) atoms. The number of hydrogen-bond donors (Lipinski definition) is 0. The average molecular weight is 280 g/mol. The average Bonchev–Trinajstić information content (AvgIpc) is 2.42. The number of anilines is 1. The molecule has 104 valence electrons. The minimum absolute atomic E-state index is 0.446. The highest BCUT2D eigenvalue weighted by atomic mass is 35.5. The van der Waals surface area contributed by atoms with E-state index in [1.54, 1.807) is 0 Å². The van der Waals surface area contributed by atoms with Crippen LogP contribution in [0.4, 0.5) is 5.69 Å². The van der Waals surface area contributed by atoms with E-state index in [1.807, 2.05) is 18.2 Å². The number of hydrogen-bond acceptors (Lipinski definition) is 3. The zero-order valence-electron chi connectivity index (χ0n) is 12.0. The van der Waals surface area contributed by atoms with Crippen molar-refractivity contribution in [2.24, 2.45) is 0 Å². The van der Waals surface area contributed by atoms with Crippen LogP contribution in [0.15, 0.2) is 18.2 Å². The van der Waals surface area contributed by atoms with E-state index < -0.39 is 0 Å². The van der Waals surface area contributed by atoms with E-state index in [4.69, 9.17) is 11.6 Å². The van der Waals surface area contributed by atoms with Crippen LogP contribution in [-0.4, -0.2) is 38.6 Å². The first-order valence-electron chi connectivity index (χ1n) is 6.61. The van der Waals surface area contributed by atoms with Crippen LogP contribution in [0, 0.1) is 11.3 Å². The minimum atomic E-state index is 0.446. The second-order valence-corrected chi connectivity index (χ2v) is 5.10. The van der Waals surface area contributed by atoms with Gasteiger partial charge in [-0.05, 0) is 51.7 Å². The van der Waals surface area contributed by atoms with E-state index in [0.717, 1.165) is 37.3 Å². The third-order valence-electron chi connectivity index (χ3n) is 3.09. The summed E-state index contributed by atoms with van der Waals surface area (Å²) in [5, 5.41) is 9.27. The van der Waals surface area contributed by atoms with Crippen molar-refractivity contribution in [2.45, 2.75) is 19.2 Å². The quantitative estimate of drug-likeness (QED) is 0.719. The molecule has 0 N–H and O–H groups in total. The Kier molecular flexibility index (Phi) is 6.69. The van der Waals surface area contributed by atoms with Gasteiger partial charge in [0.2, 0.25) is 0 Å². The molecule has 0 bridgehead atoms. The van der Waals surface area contributed by atoms with E-state index in [9.17, 15) is 5.26 Å². The molecule has 0 aliphatic rings. The summed E-state index contributed by atoms with van der Waals surface area (Å²) in [5.74, 6) is 0.446. The van der Waals surface area contributed by atoms with Crippen LogP contribution in [-0.2, 0) is 5.88 Å². The molecule has 3 nitrogen and oxygen atoms in total. The third kappa shape index (κ3) is 4.74. The number of halogens is 1. The Labute approximate surface area is 121 Å². The molecule has 0 unspecified atom stereocenters.